The molecule has 0 aliphatic heterocycles. The van der Waals surface area contributed by atoms with Crippen LogP contribution in [0.25, 0.3) is 11.1 Å². The zero-order chi connectivity index (χ0) is 24.1. The molecule has 0 bridgehead atoms. The number of aliphatic carboxylic acids is 1. The summed E-state index contributed by atoms with van der Waals surface area (Å²) in [5, 5.41) is 24.6. The second kappa shape index (κ2) is 10.7. The van der Waals surface area contributed by atoms with E-state index in [0.29, 0.717) is 12.8 Å². The van der Waals surface area contributed by atoms with Crippen LogP contribution >= 0.6 is 0 Å². The summed E-state index contributed by atoms with van der Waals surface area (Å²) in [5.74, 6) is -1.71. The first kappa shape index (κ1) is 23.8. The minimum atomic E-state index is -1.07. The monoisotopic (exact) mass is 466 g/mol. The Balaban J connectivity index is 1.21. The van der Waals surface area contributed by atoms with Crippen molar-refractivity contribution in [1.82, 2.24) is 10.6 Å². The average Bonchev–Trinajstić information content (AvgIpc) is 3.15. The van der Waals surface area contributed by atoms with Gasteiger partial charge in [0.25, 0.3) is 0 Å². The fourth-order valence-corrected chi connectivity index (χ4v) is 4.97. The Kier molecular flexibility index (Phi) is 7.47. The van der Waals surface area contributed by atoms with Gasteiger partial charge in [-0.25, -0.2) is 4.79 Å². The third-order valence-corrected chi connectivity index (χ3v) is 6.64. The molecule has 4 rings (SSSR count). The number of benzene rings is 2. The Morgan fingerprint density at radius 2 is 1.65 bits per heavy atom. The highest BCUT2D eigenvalue weighted by Gasteiger charge is 2.30. The fourth-order valence-electron chi connectivity index (χ4n) is 4.97. The third-order valence-electron chi connectivity index (χ3n) is 6.64. The lowest BCUT2D eigenvalue weighted by molar-refractivity contribution is -0.143. The summed E-state index contributed by atoms with van der Waals surface area (Å²) in [6, 6.07) is 15.9. The number of nitrogens with one attached hydrogen (secondary N) is 2. The Bertz CT molecular complexity index is 1010. The summed E-state index contributed by atoms with van der Waals surface area (Å²) in [7, 11) is 0. The number of carbonyl (C=O) groups is 3. The molecule has 2 aliphatic rings. The molecular formula is C26H30N2O6. The van der Waals surface area contributed by atoms with E-state index in [1.54, 1.807) is 0 Å². The summed E-state index contributed by atoms with van der Waals surface area (Å²) < 4.78 is 5.43. The molecule has 180 valence electrons. The lowest BCUT2D eigenvalue weighted by Crippen LogP contribution is -2.42. The van der Waals surface area contributed by atoms with Crippen molar-refractivity contribution in [1.29, 1.82) is 0 Å². The lowest BCUT2D eigenvalue weighted by atomic mass is 9.85. The Morgan fingerprint density at radius 3 is 2.29 bits per heavy atom. The standard InChI is InChI=1S/C26H30N2O6/c29-18(13-24(30)28-17-7-5-6-16(12-17)25(31)32)14-27-26(33)34-15-23-21-10-3-1-8-19(21)20-9-2-4-11-22(20)23/h1-4,8-11,16-18,23,29H,5-7,12-15H2,(H,27,33)(H,28,30)(H,31,32)/t16-,17-,18?/m1/s1. The quantitative estimate of drug-likeness (QED) is 0.474. The number of carbonyl (C=O) groups excluding carboxylic acids is 2. The number of carboxylic acids is 1. The molecule has 8 nitrogen and oxygen atoms in total. The number of fused-ring (bicyclic) bond motifs is 3. The van der Waals surface area contributed by atoms with Gasteiger partial charge in [0.15, 0.2) is 0 Å². The van der Waals surface area contributed by atoms with E-state index in [0.717, 1.165) is 35.1 Å². The van der Waals surface area contributed by atoms with Gasteiger partial charge >= 0.3 is 12.1 Å². The lowest BCUT2D eigenvalue weighted by Gasteiger charge is -2.27. The van der Waals surface area contributed by atoms with Gasteiger partial charge in [0.1, 0.15) is 6.61 Å². The molecule has 8 heteroatoms. The highest BCUT2D eigenvalue weighted by Crippen LogP contribution is 2.44. The van der Waals surface area contributed by atoms with Crippen molar-refractivity contribution >= 4 is 18.0 Å². The van der Waals surface area contributed by atoms with Crippen LogP contribution in [0.3, 0.4) is 0 Å². The van der Waals surface area contributed by atoms with E-state index in [-0.39, 0.29) is 37.4 Å². The minimum Gasteiger partial charge on any atom is -0.481 e. The van der Waals surface area contributed by atoms with Gasteiger partial charge in [-0.15, -0.1) is 0 Å². The maximum Gasteiger partial charge on any atom is 0.407 e. The topological polar surface area (TPSA) is 125 Å². The van der Waals surface area contributed by atoms with Gasteiger partial charge in [-0.2, -0.15) is 0 Å². The minimum absolute atomic E-state index is 0.0565. The molecule has 0 heterocycles. The molecule has 1 unspecified atom stereocenters. The number of hydrogen-bond acceptors (Lipinski definition) is 5. The number of hydrogen-bond donors (Lipinski definition) is 4. The van der Waals surface area contributed by atoms with Crippen LogP contribution in [0.15, 0.2) is 48.5 Å². The molecule has 1 saturated carbocycles. The van der Waals surface area contributed by atoms with Crippen LogP contribution in [0.5, 0.6) is 0 Å². The smallest absolute Gasteiger partial charge is 0.407 e. The molecule has 2 aromatic carbocycles. The summed E-state index contributed by atoms with van der Waals surface area (Å²) in [5.41, 5.74) is 4.50. The summed E-state index contributed by atoms with van der Waals surface area (Å²) in [6.45, 7) is 0.0510. The van der Waals surface area contributed by atoms with Crippen LogP contribution in [0.2, 0.25) is 0 Å². The maximum absolute atomic E-state index is 12.2. The molecular weight excluding hydrogens is 436 g/mol. The van der Waals surface area contributed by atoms with Crippen molar-refractivity contribution in [2.45, 2.75) is 50.2 Å². The van der Waals surface area contributed by atoms with Crippen molar-refractivity contribution in [3.63, 3.8) is 0 Å². The number of aliphatic hydroxyl groups excluding tert-OH is 1. The van der Waals surface area contributed by atoms with Gasteiger partial charge in [-0.05, 0) is 41.5 Å². The SMILES string of the molecule is O=C(CC(O)CNC(=O)OCC1c2ccccc2-c2ccccc21)N[C@@H]1CCC[C@@H](C(=O)O)C1. The molecule has 1 fully saturated rings. The molecule has 2 aliphatic carbocycles. The van der Waals surface area contributed by atoms with Crippen LogP contribution in [-0.4, -0.2) is 53.5 Å². The van der Waals surface area contributed by atoms with Crippen molar-refractivity contribution in [3.05, 3.63) is 59.7 Å². The van der Waals surface area contributed by atoms with E-state index < -0.39 is 24.1 Å². The molecule has 0 radical (unpaired) electrons. The Hall–Kier alpha value is -3.39. The van der Waals surface area contributed by atoms with E-state index >= 15 is 0 Å². The zero-order valence-corrected chi connectivity index (χ0v) is 18.9. The number of alkyl carbamates (subject to hydrolysis) is 1. The zero-order valence-electron chi connectivity index (χ0n) is 18.9. The van der Waals surface area contributed by atoms with Crippen molar-refractivity contribution in [2.75, 3.05) is 13.2 Å². The molecule has 2 aromatic rings. The molecule has 0 spiro atoms. The predicted octanol–water partition coefficient (Wildman–Crippen LogP) is 3.04. The van der Waals surface area contributed by atoms with Crippen molar-refractivity contribution in [2.24, 2.45) is 5.92 Å². The fraction of sp³-hybridized carbons (Fsp3) is 0.423. The van der Waals surface area contributed by atoms with Gasteiger partial charge in [0.2, 0.25) is 5.91 Å². The number of rotatable bonds is 8. The van der Waals surface area contributed by atoms with E-state index in [1.807, 2.05) is 36.4 Å². The second-order valence-corrected chi connectivity index (χ2v) is 9.03. The second-order valence-electron chi connectivity index (χ2n) is 9.03. The molecule has 4 N–H and O–H groups in total. The van der Waals surface area contributed by atoms with Gasteiger partial charge in [-0.3, -0.25) is 9.59 Å². The predicted molar refractivity (Wildman–Crippen MR) is 125 cm³/mol. The highest BCUT2D eigenvalue weighted by atomic mass is 16.5. The molecule has 34 heavy (non-hydrogen) atoms. The van der Waals surface area contributed by atoms with Crippen molar-refractivity contribution < 1.29 is 29.3 Å². The summed E-state index contributed by atoms with van der Waals surface area (Å²) >= 11 is 0. The highest BCUT2D eigenvalue weighted by molar-refractivity contribution is 5.79. The maximum atomic E-state index is 12.2. The van der Waals surface area contributed by atoms with Gasteiger partial charge in [0, 0.05) is 18.5 Å². The van der Waals surface area contributed by atoms with Crippen LogP contribution < -0.4 is 10.6 Å². The van der Waals surface area contributed by atoms with Crippen LogP contribution in [0, 0.1) is 5.92 Å². The van der Waals surface area contributed by atoms with Gasteiger partial charge < -0.3 is 25.6 Å². The first-order valence-electron chi connectivity index (χ1n) is 11.7. The Labute approximate surface area is 198 Å². The first-order chi connectivity index (χ1) is 16.4. The van der Waals surface area contributed by atoms with Gasteiger partial charge in [-0.1, -0.05) is 55.0 Å². The van der Waals surface area contributed by atoms with Crippen LogP contribution in [0.1, 0.15) is 49.1 Å². The van der Waals surface area contributed by atoms with E-state index in [2.05, 4.69) is 22.8 Å². The van der Waals surface area contributed by atoms with E-state index in [4.69, 9.17) is 9.84 Å². The molecule has 0 aromatic heterocycles. The van der Waals surface area contributed by atoms with E-state index in [1.165, 1.54) is 0 Å². The first-order valence-corrected chi connectivity index (χ1v) is 11.7. The van der Waals surface area contributed by atoms with Gasteiger partial charge in [0.05, 0.1) is 18.4 Å². The average molecular weight is 467 g/mol. The van der Waals surface area contributed by atoms with Crippen LogP contribution in [-0.2, 0) is 14.3 Å². The largest absolute Gasteiger partial charge is 0.481 e. The normalized spacial score (nSPS) is 20.0. The third kappa shape index (κ3) is 5.56. The molecule has 2 amide bonds. The molecule has 3 atom stereocenters. The summed E-state index contributed by atoms with van der Waals surface area (Å²) in [4.78, 5) is 35.6. The Morgan fingerprint density at radius 1 is 1.00 bits per heavy atom. The summed E-state index contributed by atoms with van der Waals surface area (Å²) in [6.07, 6.45) is 0.580. The van der Waals surface area contributed by atoms with E-state index in [9.17, 15) is 19.5 Å². The number of ether oxygens (including phenoxy) is 1. The number of carboxylic acid groups (broad SMARTS) is 1. The van der Waals surface area contributed by atoms with Crippen LogP contribution in [0.4, 0.5) is 4.79 Å². The van der Waals surface area contributed by atoms with Crippen molar-refractivity contribution in [3.8, 4) is 11.1 Å². The molecule has 0 saturated heterocycles. The number of aliphatic hydroxyl groups is 1. The number of amides is 2.